The number of benzene rings is 3. The minimum atomic E-state index is -4.54. The van der Waals surface area contributed by atoms with Gasteiger partial charge in [-0.05, 0) is 77.7 Å². The Balaban J connectivity index is 1.77. The highest BCUT2D eigenvalue weighted by molar-refractivity contribution is 5.95. The molecule has 0 aliphatic heterocycles. The van der Waals surface area contributed by atoms with Gasteiger partial charge in [0.25, 0.3) is 5.56 Å². The molecular formula is C25H18F3NO5. The average Bonchev–Trinajstić information content (AvgIpc) is 2.83. The number of hydrogen-bond donors (Lipinski definition) is 1. The van der Waals surface area contributed by atoms with Gasteiger partial charge in [0, 0.05) is 11.9 Å². The number of methoxy groups -OCH3 is 1. The van der Waals surface area contributed by atoms with E-state index in [-0.39, 0.29) is 23.3 Å². The molecule has 1 N–H and O–H groups in total. The first-order valence-corrected chi connectivity index (χ1v) is 10.0. The fraction of sp³-hybridized carbons (Fsp3) is 0.120. The molecule has 0 amide bonds. The predicted molar refractivity (Wildman–Crippen MR) is 118 cm³/mol. The van der Waals surface area contributed by atoms with Crippen molar-refractivity contribution in [1.29, 1.82) is 0 Å². The molecule has 4 aromatic rings. The second-order valence-electron chi connectivity index (χ2n) is 7.37. The summed E-state index contributed by atoms with van der Waals surface area (Å²) in [7, 11) is 1.52. The minimum absolute atomic E-state index is 0.0794. The van der Waals surface area contributed by atoms with Crippen molar-refractivity contribution in [1.82, 2.24) is 4.57 Å². The summed E-state index contributed by atoms with van der Waals surface area (Å²) in [5.74, 6) is -0.444. The van der Waals surface area contributed by atoms with Gasteiger partial charge in [-0.15, -0.1) is 0 Å². The molecule has 1 heterocycles. The number of pyridine rings is 1. The summed E-state index contributed by atoms with van der Waals surface area (Å²) in [6.07, 6.45) is -2.99. The summed E-state index contributed by atoms with van der Waals surface area (Å²) in [5, 5.41) is 10.1. The van der Waals surface area contributed by atoms with Crippen molar-refractivity contribution >= 4 is 16.7 Å². The summed E-state index contributed by atoms with van der Waals surface area (Å²) in [5.41, 5.74) is -0.577. The van der Waals surface area contributed by atoms with Crippen LogP contribution in [0.2, 0.25) is 0 Å². The van der Waals surface area contributed by atoms with Gasteiger partial charge in [0.15, 0.2) is 0 Å². The number of esters is 1. The van der Waals surface area contributed by atoms with Crippen LogP contribution in [-0.4, -0.2) is 22.8 Å². The normalized spacial score (nSPS) is 11.4. The molecule has 0 saturated heterocycles. The number of nitrogens with zero attached hydrogens (tertiary/aromatic N) is 1. The maximum atomic E-state index is 13.3. The lowest BCUT2D eigenvalue weighted by atomic mass is 10.1. The summed E-state index contributed by atoms with van der Waals surface area (Å²) in [6, 6.07) is 14.9. The third kappa shape index (κ3) is 4.51. The van der Waals surface area contributed by atoms with E-state index >= 15 is 0 Å². The minimum Gasteiger partial charge on any atom is -0.497 e. The van der Waals surface area contributed by atoms with Crippen molar-refractivity contribution in [2.24, 2.45) is 0 Å². The number of aromatic nitrogens is 1. The fourth-order valence-electron chi connectivity index (χ4n) is 3.47. The van der Waals surface area contributed by atoms with Crippen LogP contribution in [-0.2, 0) is 12.8 Å². The zero-order valence-electron chi connectivity index (χ0n) is 17.8. The van der Waals surface area contributed by atoms with E-state index in [1.165, 1.54) is 17.7 Å². The van der Waals surface area contributed by atoms with Gasteiger partial charge in [-0.3, -0.25) is 9.36 Å². The molecule has 6 nitrogen and oxygen atoms in total. The molecule has 1 aromatic heterocycles. The lowest BCUT2D eigenvalue weighted by Crippen LogP contribution is -2.19. The third-order valence-corrected chi connectivity index (χ3v) is 5.21. The Morgan fingerprint density at radius 2 is 1.68 bits per heavy atom. The highest BCUT2D eigenvalue weighted by atomic mass is 19.4. The molecular weight excluding hydrogens is 451 g/mol. The van der Waals surface area contributed by atoms with Crippen LogP contribution >= 0.6 is 0 Å². The molecule has 0 aliphatic rings. The number of aliphatic hydroxyl groups is 1. The van der Waals surface area contributed by atoms with Crippen LogP contribution in [0.5, 0.6) is 11.5 Å². The second kappa shape index (κ2) is 9.03. The highest BCUT2D eigenvalue weighted by Gasteiger charge is 2.30. The standard InChI is InChI=1S/C25H18F3NO5/c1-33-20-8-6-19(7-9-20)29-11-10-17-12-15(14-30)13-21(22(17)23(29)31)34-24(32)16-2-4-18(5-3-16)25(26,27)28/h2-13,30H,14H2,1H3. The van der Waals surface area contributed by atoms with Gasteiger partial charge >= 0.3 is 12.1 Å². The van der Waals surface area contributed by atoms with Crippen LogP contribution in [0.25, 0.3) is 16.5 Å². The van der Waals surface area contributed by atoms with E-state index in [1.807, 2.05) is 0 Å². The van der Waals surface area contributed by atoms with E-state index in [2.05, 4.69) is 0 Å². The van der Waals surface area contributed by atoms with Gasteiger partial charge in [0.05, 0.1) is 30.2 Å². The molecule has 0 spiro atoms. The smallest absolute Gasteiger partial charge is 0.416 e. The van der Waals surface area contributed by atoms with Gasteiger partial charge in [-0.25, -0.2) is 4.79 Å². The van der Waals surface area contributed by atoms with E-state index in [4.69, 9.17) is 9.47 Å². The summed E-state index contributed by atoms with van der Waals surface area (Å²) in [6.45, 7) is -0.373. The monoisotopic (exact) mass is 469 g/mol. The largest absolute Gasteiger partial charge is 0.497 e. The van der Waals surface area contributed by atoms with Crippen LogP contribution in [0, 0.1) is 0 Å². The van der Waals surface area contributed by atoms with Crippen LogP contribution in [0.4, 0.5) is 13.2 Å². The topological polar surface area (TPSA) is 77.8 Å². The zero-order chi connectivity index (χ0) is 24.5. The van der Waals surface area contributed by atoms with E-state index in [1.54, 1.807) is 42.6 Å². The van der Waals surface area contributed by atoms with Crippen molar-refractivity contribution in [3.63, 3.8) is 0 Å². The maximum Gasteiger partial charge on any atom is 0.416 e. The summed E-state index contributed by atoms with van der Waals surface area (Å²) in [4.78, 5) is 26.0. The van der Waals surface area contributed by atoms with Crippen LogP contribution in [0.15, 0.2) is 77.7 Å². The highest BCUT2D eigenvalue weighted by Crippen LogP contribution is 2.30. The number of fused-ring (bicyclic) bond motifs is 1. The molecule has 174 valence electrons. The first-order valence-electron chi connectivity index (χ1n) is 10.0. The van der Waals surface area contributed by atoms with Crippen molar-refractivity contribution in [2.75, 3.05) is 7.11 Å². The number of halogens is 3. The molecule has 0 saturated carbocycles. The van der Waals surface area contributed by atoms with Gasteiger partial charge < -0.3 is 14.6 Å². The zero-order valence-corrected chi connectivity index (χ0v) is 17.8. The van der Waals surface area contributed by atoms with E-state index in [9.17, 15) is 27.9 Å². The Morgan fingerprint density at radius 1 is 1.00 bits per heavy atom. The van der Waals surface area contributed by atoms with Gasteiger partial charge in [0.2, 0.25) is 0 Å². The van der Waals surface area contributed by atoms with E-state index in [0.717, 1.165) is 24.3 Å². The van der Waals surface area contributed by atoms with Crippen molar-refractivity contribution in [3.05, 3.63) is 100.0 Å². The molecule has 0 unspecified atom stereocenters. The Labute approximate surface area is 191 Å². The summed E-state index contributed by atoms with van der Waals surface area (Å²) >= 11 is 0. The Kier molecular flexibility index (Phi) is 6.12. The lowest BCUT2D eigenvalue weighted by molar-refractivity contribution is -0.137. The predicted octanol–water partition coefficient (Wildman–Crippen LogP) is 4.73. The Morgan fingerprint density at radius 3 is 2.26 bits per heavy atom. The maximum absolute atomic E-state index is 13.3. The molecule has 3 aromatic carbocycles. The first-order chi connectivity index (χ1) is 16.2. The molecule has 0 aliphatic carbocycles. The fourth-order valence-corrected chi connectivity index (χ4v) is 3.47. The number of alkyl halides is 3. The number of ether oxygens (including phenoxy) is 2. The van der Waals surface area contributed by atoms with Gasteiger partial charge in [-0.1, -0.05) is 0 Å². The lowest BCUT2D eigenvalue weighted by Gasteiger charge is -2.13. The molecule has 4 rings (SSSR count). The molecule has 0 atom stereocenters. The van der Waals surface area contributed by atoms with Crippen molar-refractivity contribution in [2.45, 2.75) is 12.8 Å². The van der Waals surface area contributed by atoms with E-state index in [0.29, 0.717) is 22.4 Å². The van der Waals surface area contributed by atoms with Crippen molar-refractivity contribution in [3.8, 4) is 17.2 Å². The quantitative estimate of drug-likeness (QED) is 0.338. The van der Waals surface area contributed by atoms with Gasteiger partial charge in [0.1, 0.15) is 11.5 Å². The molecule has 0 fully saturated rings. The number of aliphatic hydroxyl groups excluding tert-OH is 1. The number of rotatable bonds is 5. The molecule has 0 radical (unpaired) electrons. The SMILES string of the molecule is COc1ccc(-n2ccc3cc(CO)cc(OC(=O)c4ccc(C(F)(F)F)cc4)c3c2=O)cc1. The van der Waals surface area contributed by atoms with Crippen molar-refractivity contribution < 1.29 is 32.5 Å². The molecule has 9 heteroatoms. The Bertz CT molecular complexity index is 1410. The van der Waals surface area contributed by atoms with Crippen LogP contribution < -0.4 is 15.0 Å². The number of hydrogen-bond acceptors (Lipinski definition) is 5. The summed E-state index contributed by atoms with van der Waals surface area (Å²) < 4.78 is 50.3. The van der Waals surface area contributed by atoms with E-state index < -0.39 is 23.3 Å². The second-order valence-corrected chi connectivity index (χ2v) is 7.37. The first kappa shape index (κ1) is 23.1. The number of carbonyl (C=O) groups excluding carboxylic acids is 1. The third-order valence-electron chi connectivity index (χ3n) is 5.21. The molecule has 0 bridgehead atoms. The van der Waals surface area contributed by atoms with Gasteiger partial charge in [-0.2, -0.15) is 13.2 Å². The van der Waals surface area contributed by atoms with Crippen LogP contribution in [0.1, 0.15) is 21.5 Å². The number of carbonyl (C=O) groups is 1. The van der Waals surface area contributed by atoms with Crippen LogP contribution in [0.3, 0.4) is 0 Å². The molecule has 34 heavy (non-hydrogen) atoms. The average molecular weight is 469 g/mol. The Hall–Kier alpha value is -4.11.